The molecule has 8 nitrogen and oxygen atoms in total. The Morgan fingerprint density at radius 2 is 1.46 bits per heavy atom. The Balaban J connectivity index is 2.33. The summed E-state index contributed by atoms with van der Waals surface area (Å²) in [5.41, 5.74) is 1.52. The van der Waals surface area contributed by atoms with E-state index in [0.29, 0.717) is 39.9 Å². The molecule has 0 bridgehead atoms. The molecule has 152 valence electrons. The monoisotopic (exact) mass is 408 g/mol. The largest absolute Gasteiger partial charge is 0.496 e. The van der Waals surface area contributed by atoms with Gasteiger partial charge in [0.15, 0.2) is 0 Å². The molecular weight excluding hydrogens is 384 g/mol. The lowest BCUT2D eigenvalue weighted by Gasteiger charge is -2.13. The smallest absolute Gasteiger partial charge is 0.255 e. The number of rotatable bonds is 9. The summed E-state index contributed by atoms with van der Waals surface area (Å²) in [7, 11) is 3.96. The van der Waals surface area contributed by atoms with E-state index in [1.54, 1.807) is 44.5 Å². The predicted octanol–water partition coefficient (Wildman–Crippen LogP) is 3.18. The second kappa shape index (κ2) is 9.23. The molecule has 0 aliphatic heterocycles. The predicted molar refractivity (Wildman–Crippen MR) is 110 cm³/mol. The van der Waals surface area contributed by atoms with Crippen LogP contribution in [-0.2, 0) is 10.0 Å². The minimum Gasteiger partial charge on any atom is -0.496 e. The normalized spacial score (nSPS) is 11.2. The maximum absolute atomic E-state index is 12.5. The van der Waals surface area contributed by atoms with Crippen LogP contribution >= 0.6 is 0 Å². The van der Waals surface area contributed by atoms with Crippen molar-refractivity contribution in [2.45, 2.75) is 0 Å². The molecule has 0 saturated carbocycles. The van der Waals surface area contributed by atoms with Crippen LogP contribution in [0.1, 0.15) is 5.56 Å². The topological polar surface area (TPSA) is 95.1 Å². The van der Waals surface area contributed by atoms with Crippen LogP contribution in [0.5, 0.6) is 23.0 Å². The number of hydrogen-bond donors (Lipinski definition) is 2. The molecule has 2 aromatic rings. The molecule has 2 aromatic carbocycles. The number of methoxy groups -OCH3 is 4. The van der Waals surface area contributed by atoms with E-state index in [-0.39, 0.29) is 0 Å². The van der Waals surface area contributed by atoms with Gasteiger partial charge in [-0.2, -0.15) is 0 Å². The molecule has 0 fully saturated rings. The van der Waals surface area contributed by atoms with Crippen LogP contribution < -0.4 is 29.0 Å². The fourth-order valence-electron chi connectivity index (χ4n) is 2.52. The van der Waals surface area contributed by atoms with Crippen molar-refractivity contribution in [3.05, 3.63) is 41.3 Å². The first-order valence-corrected chi connectivity index (χ1v) is 9.78. The average molecular weight is 408 g/mol. The van der Waals surface area contributed by atoms with Crippen LogP contribution in [0.2, 0.25) is 0 Å². The van der Waals surface area contributed by atoms with E-state index < -0.39 is 10.0 Å². The summed E-state index contributed by atoms with van der Waals surface area (Å²) in [4.78, 5) is 0. The highest BCUT2D eigenvalue weighted by atomic mass is 32.2. The number of benzene rings is 2. The zero-order valence-electron chi connectivity index (χ0n) is 16.4. The molecule has 0 radical (unpaired) electrons. The third kappa shape index (κ3) is 5.01. The molecule has 2 rings (SSSR count). The van der Waals surface area contributed by atoms with Crippen molar-refractivity contribution in [2.24, 2.45) is 0 Å². The summed E-state index contributed by atoms with van der Waals surface area (Å²) in [5.74, 6) is 1.98. The fourth-order valence-corrected chi connectivity index (χ4v) is 3.36. The minimum atomic E-state index is -3.78. The molecule has 0 unspecified atom stereocenters. The van der Waals surface area contributed by atoms with Crippen molar-refractivity contribution in [1.82, 2.24) is 0 Å². The molecule has 28 heavy (non-hydrogen) atoms. The third-order valence-corrected chi connectivity index (χ3v) is 4.91. The van der Waals surface area contributed by atoms with Gasteiger partial charge in [0.25, 0.3) is 10.0 Å². The summed E-state index contributed by atoms with van der Waals surface area (Å²) in [6.45, 7) is 0. The van der Waals surface area contributed by atoms with Gasteiger partial charge in [-0.15, -0.1) is 0 Å². The van der Waals surface area contributed by atoms with Gasteiger partial charge in [0.1, 0.15) is 23.0 Å². The maximum atomic E-state index is 12.5. The van der Waals surface area contributed by atoms with Gasteiger partial charge in [-0.3, -0.25) is 4.72 Å². The first-order valence-electron chi connectivity index (χ1n) is 8.24. The van der Waals surface area contributed by atoms with E-state index in [4.69, 9.17) is 18.9 Å². The van der Waals surface area contributed by atoms with Crippen molar-refractivity contribution < 1.29 is 27.4 Å². The van der Waals surface area contributed by atoms with Gasteiger partial charge in [-0.1, -0.05) is 0 Å². The molecular formula is C19H24N2O6S. The lowest BCUT2D eigenvalue weighted by Crippen LogP contribution is -2.09. The van der Waals surface area contributed by atoms with Gasteiger partial charge >= 0.3 is 0 Å². The van der Waals surface area contributed by atoms with Crippen molar-refractivity contribution in [2.75, 3.05) is 45.5 Å². The Labute approximate surface area is 165 Å². The van der Waals surface area contributed by atoms with Gasteiger partial charge in [-0.05, 0) is 24.3 Å². The van der Waals surface area contributed by atoms with Crippen LogP contribution in [0.15, 0.2) is 35.7 Å². The van der Waals surface area contributed by atoms with E-state index in [9.17, 15) is 8.42 Å². The molecule has 0 aromatic heterocycles. The molecule has 0 amide bonds. The van der Waals surface area contributed by atoms with Crippen molar-refractivity contribution >= 4 is 27.5 Å². The van der Waals surface area contributed by atoms with Gasteiger partial charge in [0.05, 0.1) is 50.8 Å². The summed E-state index contributed by atoms with van der Waals surface area (Å²) in [5, 5.41) is 3.99. The molecule has 0 saturated heterocycles. The van der Waals surface area contributed by atoms with Crippen LogP contribution in [0, 0.1) is 0 Å². The van der Waals surface area contributed by atoms with E-state index in [1.165, 1.54) is 27.4 Å². The summed E-state index contributed by atoms with van der Waals surface area (Å²) in [6, 6.07) is 8.21. The number of sulfonamides is 1. The third-order valence-electron chi connectivity index (χ3n) is 3.90. The summed E-state index contributed by atoms with van der Waals surface area (Å²) >= 11 is 0. The molecule has 0 aliphatic rings. The number of anilines is 2. The van der Waals surface area contributed by atoms with E-state index in [0.717, 1.165) is 5.41 Å². The zero-order valence-corrected chi connectivity index (χ0v) is 17.2. The highest BCUT2D eigenvalue weighted by molar-refractivity contribution is 7.95. The number of nitrogens with one attached hydrogen (secondary N) is 2. The highest BCUT2D eigenvalue weighted by Crippen LogP contribution is 2.35. The number of hydrogen-bond acceptors (Lipinski definition) is 7. The molecule has 0 atom stereocenters. The lowest BCUT2D eigenvalue weighted by molar-refractivity contribution is 0.374. The molecule has 0 spiro atoms. The zero-order chi connectivity index (χ0) is 20.7. The second-order valence-electron chi connectivity index (χ2n) is 5.56. The summed E-state index contributed by atoms with van der Waals surface area (Å²) < 4.78 is 48.5. The van der Waals surface area contributed by atoms with E-state index >= 15 is 0 Å². The van der Waals surface area contributed by atoms with Gasteiger partial charge in [0.2, 0.25) is 0 Å². The minimum absolute atomic E-state index is 0.392. The molecule has 9 heteroatoms. The fraction of sp³-hybridized carbons (Fsp3) is 0.263. The average Bonchev–Trinajstić information content (AvgIpc) is 2.71. The van der Waals surface area contributed by atoms with Crippen LogP contribution in [0.3, 0.4) is 0 Å². The maximum Gasteiger partial charge on any atom is 0.255 e. The van der Waals surface area contributed by atoms with Gasteiger partial charge in [-0.25, -0.2) is 8.42 Å². The van der Waals surface area contributed by atoms with Crippen molar-refractivity contribution in [3.8, 4) is 23.0 Å². The van der Waals surface area contributed by atoms with E-state index in [2.05, 4.69) is 10.0 Å². The van der Waals surface area contributed by atoms with Gasteiger partial charge < -0.3 is 24.3 Å². The first kappa shape index (κ1) is 21.2. The standard InChI is InChI=1S/C19H24N2O6S/c1-20-16-10-13(6-7-17(16)25-3)21-28(22,23)9-8-15-18(26-4)11-14(24-2)12-19(15)27-5/h6-12,20-21H,1-5H3/b9-8+. The second-order valence-corrected chi connectivity index (χ2v) is 7.13. The summed E-state index contributed by atoms with van der Waals surface area (Å²) in [6.07, 6.45) is 1.40. The molecule has 2 N–H and O–H groups in total. The van der Waals surface area contributed by atoms with Crippen LogP contribution in [0.25, 0.3) is 6.08 Å². The lowest BCUT2D eigenvalue weighted by atomic mass is 10.1. The molecule has 0 aliphatic carbocycles. The highest BCUT2D eigenvalue weighted by Gasteiger charge is 2.13. The quantitative estimate of drug-likeness (QED) is 0.658. The first-order chi connectivity index (χ1) is 13.4. The SMILES string of the molecule is CNc1cc(NS(=O)(=O)/C=C/c2c(OC)cc(OC)cc2OC)ccc1OC. The van der Waals surface area contributed by atoms with E-state index in [1.807, 2.05) is 0 Å². The van der Waals surface area contributed by atoms with Gasteiger partial charge in [0, 0.05) is 19.2 Å². The Hall–Kier alpha value is -3.07. The molecule has 0 heterocycles. The Kier molecular flexibility index (Phi) is 7.00. The van der Waals surface area contributed by atoms with Crippen molar-refractivity contribution in [1.29, 1.82) is 0 Å². The van der Waals surface area contributed by atoms with Crippen LogP contribution in [-0.4, -0.2) is 43.9 Å². The Morgan fingerprint density at radius 3 is 1.96 bits per heavy atom. The Bertz CT molecular complexity index is 932. The van der Waals surface area contributed by atoms with Crippen LogP contribution in [0.4, 0.5) is 11.4 Å². The van der Waals surface area contributed by atoms with Crippen molar-refractivity contribution in [3.63, 3.8) is 0 Å². The number of ether oxygens (including phenoxy) is 4. The Morgan fingerprint density at radius 1 is 0.857 bits per heavy atom.